The quantitative estimate of drug-likeness (QED) is 0.198. The second-order valence-corrected chi connectivity index (χ2v) is 8.92. The molecule has 1 N–H and O–H groups in total. The van der Waals surface area contributed by atoms with E-state index in [1.807, 2.05) is 44.2 Å². The maximum atomic E-state index is 13.3. The summed E-state index contributed by atoms with van der Waals surface area (Å²) in [5.41, 5.74) is 2.28. The summed E-state index contributed by atoms with van der Waals surface area (Å²) in [5, 5.41) is 11.3. The SMILES string of the molecule is CCOC(=O)Cc1ccc(N2C(=O)C(=O)/C(=C(/O)c3ccc(OC(C)C)cc3)C2c2ccccc2)cc1. The Morgan fingerprint density at radius 3 is 2.19 bits per heavy atom. The van der Waals surface area contributed by atoms with E-state index in [4.69, 9.17) is 9.47 Å². The Morgan fingerprint density at radius 1 is 0.946 bits per heavy atom. The van der Waals surface area contributed by atoms with Gasteiger partial charge in [0, 0.05) is 11.3 Å². The highest BCUT2D eigenvalue weighted by molar-refractivity contribution is 6.51. The second kappa shape index (κ2) is 11.1. The summed E-state index contributed by atoms with van der Waals surface area (Å²) in [4.78, 5) is 39.8. The molecular formula is C30H29NO6. The third kappa shape index (κ3) is 5.56. The molecule has 7 nitrogen and oxygen atoms in total. The van der Waals surface area contributed by atoms with Crippen LogP contribution in [0.2, 0.25) is 0 Å². The Kier molecular flexibility index (Phi) is 7.72. The van der Waals surface area contributed by atoms with Crippen molar-refractivity contribution in [3.63, 3.8) is 0 Å². The van der Waals surface area contributed by atoms with Crippen molar-refractivity contribution >= 4 is 29.1 Å². The van der Waals surface area contributed by atoms with Gasteiger partial charge in [0.25, 0.3) is 11.7 Å². The van der Waals surface area contributed by atoms with E-state index < -0.39 is 17.7 Å². The molecule has 0 saturated carbocycles. The summed E-state index contributed by atoms with van der Waals surface area (Å²) < 4.78 is 10.7. The minimum atomic E-state index is -0.830. The van der Waals surface area contributed by atoms with Crippen molar-refractivity contribution in [3.8, 4) is 5.75 Å². The van der Waals surface area contributed by atoms with Crippen LogP contribution in [0.15, 0.2) is 84.4 Å². The van der Waals surface area contributed by atoms with Crippen molar-refractivity contribution in [2.75, 3.05) is 11.5 Å². The molecule has 0 aliphatic carbocycles. The average Bonchev–Trinajstić information content (AvgIpc) is 3.15. The van der Waals surface area contributed by atoms with E-state index in [0.717, 1.165) is 5.56 Å². The zero-order chi connectivity index (χ0) is 26.5. The number of carbonyl (C=O) groups excluding carboxylic acids is 3. The molecule has 7 heteroatoms. The maximum absolute atomic E-state index is 13.3. The number of esters is 1. The van der Waals surface area contributed by atoms with Crippen molar-refractivity contribution in [2.24, 2.45) is 0 Å². The third-order valence-corrected chi connectivity index (χ3v) is 5.93. The van der Waals surface area contributed by atoms with E-state index in [1.54, 1.807) is 55.5 Å². The van der Waals surface area contributed by atoms with Crippen molar-refractivity contribution in [2.45, 2.75) is 39.3 Å². The fraction of sp³-hybridized carbons (Fsp3) is 0.233. The van der Waals surface area contributed by atoms with Crippen LogP contribution < -0.4 is 9.64 Å². The van der Waals surface area contributed by atoms with Gasteiger partial charge in [-0.1, -0.05) is 42.5 Å². The maximum Gasteiger partial charge on any atom is 0.310 e. The monoisotopic (exact) mass is 499 g/mol. The van der Waals surface area contributed by atoms with Crippen molar-refractivity contribution in [3.05, 3.63) is 101 Å². The lowest BCUT2D eigenvalue weighted by atomic mass is 9.95. The van der Waals surface area contributed by atoms with E-state index in [9.17, 15) is 19.5 Å². The lowest BCUT2D eigenvalue weighted by Crippen LogP contribution is -2.29. The summed E-state index contributed by atoms with van der Waals surface area (Å²) in [6, 6.07) is 21.8. The Hall–Kier alpha value is -4.39. The molecule has 1 aliphatic rings. The van der Waals surface area contributed by atoms with Gasteiger partial charge in [-0.15, -0.1) is 0 Å². The van der Waals surface area contributed by atoms with Gasteiger partial charge in [0.15, 0.2) is 0 Å². The van der Waals surface area contributed by atoms with Crippen LogP contribution in [0, 0.1) is 0 Å². The highest BCUT2D eigenvalue weighted by atomic mass is 16.5. The molecule has 0 spiro atoms. The van der Waals surface area contributed by atoms with Crippen LogP contribution in [0.5, 0.6) is 5.75 Å². The number of amides is 1. The van der Waals surface area contributed by atoms with Gasteiger partial charge < -0.3 is 14.6 Å². The van der Waals surface area contributed by atoms with Crippen LogP contribution in [0.4, 0.5) is 5.69 Å². The van der Waals surface area contributed by atoms with Gasteiger partial charge in [-0.3, -0.25) is 19.3 Å². The first-order chi connectivity index (χ1) is 17.8. The molecule has 1 unspecified atom stereocenters. The van der Waals surface area contributed by atoms with Gasteiger partial charge in [-0.2, -0.15) is 0 Å². The smallest absolute Gasteiger partial charge is 0.310 e. The Morgan fingerprint density at radius 2 is 1.59 bits per heavy atom. The normalized spacial score (nSPS) is 16.8. The molecule has 37 heavy (non-hydrogen) atoms. The highest BCUT2D eigenvalue weighted by Gasteiger charge is 2.46. The number of carbonyl (C=O) groups is 3. The van der Waals surface area contributed by atoms with Gasteiger partial charge in [-0.05, 0) is 68.3 Å². The molecule has 1 atom stereocenters. The van der Waals surface area contributed by atoms with E-state index in [2.05, 4.69) is 0 Å². The number of ketones is 1. The number of nitrogens with zero attached hydrogens (tertiary/aromatic N) is 1. The van der Waals surface area contributed by atoms with E-state index in [-0.39, 0.29) is 29.8 Å². The fourth-order valence-corrected chi connectivity index (χ4v) is 4.32. The number of aliphatic hydroxyl groups excluding tert-OH is 1. The minimum Gasteiger partial charge on any atom is -0.507 e. The van der Waals surface area contributed by atoms with Gasteiger partial charge in [-0.25, -0.2) is 0 Å². The topological polar surface area (TPSA) is 93.1 Å². The lowest BCUT2D eigenvalue weighted by Gasteiger charge is -2.25. The summed E-state index contributed by atoms with van der Waals surface area (Å²) in [6.07, 6.45) is 0.0949. The van der Waals surface area contributed by atoms with Crippen molar-refractivity contribution in [1.82, 2.24) is 0 Å². The molecule has 1 heterocycles. The largest absolute Gasteiger partial charge is 0.507 e. The Balaban J connectivity index is 1.75. The van der Waals surface area contributed by atoms with Crippen LogP contribution in [-0.4, -0.2) is 35.5 Å². The van der Waals surface area contributed by atoms with E-state index in [0.29, 0.717) is 29.2 Å². The second-order valence-electron chi connectivity index (χ2n) is 8.92. The molecule has 0 bridgehead atoms. The van der Waals surface area contributed by atoms with Crippen molar-refractivity contribution in [1.29, 1.82) is 0 Å². The van der Waals surface area contributed by atoms with Gasteiger partial charge in [0.05, 0.1) is 30.7 Å². The summed E-state index contributed by atoms with van der Waals surface area (Å²) in [6.45, 7) is 5.87. The molecule has 0 radical (unpaired) electrons. The minimum absolute atomic E-state index is 0.00401. The van der Waals surface area contributed by atoms with Gasteiger partial charge in [0.2, 0.25) is 0 Å². The van der Waals surface area contributed by atoms with Crippen LogP contribution in [0.1, 0.15) is 43.5 Å². The van der Waals surface area contributed by atoms with Crippen LogP contribution >= 0.6 is 0 Å². The lowest BCUT2D eigenvalue weighted by molar-refractivity contribution is -0.142. The number of Topliss-reactive ketones (excluding diaryl/α,β-unsaturated/α-hetero) is 1. The first-order valence-corrected chi connectivity index (χ1v) is 12.2. The fourth-order valence-electron chi connectivity index (χ4n) is 4.32. The predicted molar refractivity (Wildman–Crippen MR) is 140 cm³/mol. The number of ether oxygens (including phenoxy) is 2. The first kappa shape index (κ1) is 25.7. The summed E-state index contributed by atoms with van der Waals surface area (Å²) in [5.74, 6) is -1.48. The van der Waals surface area contributed by atoms with Gasteiger partial charge >= 0.3 is 5.97 Å². The zero-order valence-electron chi connectivity index (χ0n) is 21.0. The third-order valence-electron chi connectivity index (χ3n) is 5.93. The van der Waals surface area contributed by atoms with E-state index >= 15 is 0 Å². The number of hydrogen-bond acceptors (Lipinski definition) is 6. The molecule has 190 valence electrons. The zero-order valence-corrected chi connectivity index (χ0v) is 21.0. The molecule has 0 aromatic heterocycles. The molecule has 1 aliphatic heterocycles. The van der Waals surface area contributed by atoms with Crippen LogP contribution in [0.3, 0.4) is 0 Å². The number of anilines is 1. The standard InChI is InChI=1S/C30H29NO6/c1-4-36-25(32)18-20-10-14-23(15-11-20)31-27(21-8-6-5-7-9-21)26(29(34)30(31)35)28(33)22-12-16-24(17-13-22)37-19(2)3/h5-17,19,27,33H,4,18H2,1-3H3/b28-26+. The summed E-state index contributed by atoms with van der Waals surface area (Å²) >= 11 is 0. The number of benzene rings is 3. The van der Waals surface area contributed by atoms with Crippen LogP contribution in [0.25, 0.3) is 5.76 Å². The molecule has 3 aromatic carbocycles. The Labute approximate surface area is 215 Å². The molecule has 1 fully saturated rings. The van der Waals surface area contributed by atoms with Crippen molar-refractivity contribution < 1.29 is 29.0 Å². The predicted octanol–water partition coefficient (Wildman–Crippen LogP) is 5.21. The van der Waals surface area contributed by atoms with Gasteiger partial charge in [0.1, 0.15) is 11.5 Å². The molecular weight excluding hydrogens is 470 g/mol. The number of rotatable bonds is 8. The number of hydrogen-bond donors (Lipinski definition) is 1. The summed E-state index contributed by atoms with van der Waals surface area (Å²) in [7, 11) is 0. The van der Waals surface area contributed by atoms with E-state index in [1.165, 1.54) is 4.90 Å². The highest BCUT2D eigenvalue weighted by Crippen LogP contribution is 2.42. The molecule has 3 aromatic rings. The average molecular weight is 500 g/mol. The molecule has 1 saturated heterocycles. The number of aliphatic hydroxyl groups is 1. The first-order valence-electron chi connectivity index (χ1n) is 12.2. The Bertz CT molecular complexity index is 1310. The molecule has 4 rings (SSSR count). The molecule has 1 amide bonds. The van der Waals surface area contributed by atoms with Crippen LogP contribution in [-0.2, 0) is 25.5 Å².